The van der Waals surface area contributed by atoms with E-state index in [4.69, 9.17) is 0 Å². The first-order valence-corrected chi connectivity index (χ1v) is 9.36. The molecule has 0 aromatic carbocycles. The smallest absolute Gasteiger partial charge is 0.225 e. The van der Waals surface area contributed by atoms with Crippen molar-refractivity contribution in [2.45, 2.75) is 85.2 Å². The number of carbonyl (C=O) groups is 1. The van der Waals surface area contributed by atoms with E-state index in [1.54, 1.807) is 0 Å². The number of rotatable bonds is 5. The van der Waals surface area contributed by atoms with Crippen LogP contribution in [0, 0.1) is 17.3 Å². The Morgan fingerprint density at radius 2 is 1.95 bits per heavy atom. The van der Waals surface area contributed by atoms with E-state index in [9.17, 15) is 4.79 Å². The van der Waals surface area contributed by atoms with Gasteiger partial charge in [0.2, 0.25) is 5.91 Å². The quantitative estimate of drug-likeness (QED) is 0.837. The van der Waals surface area contributed by atoms with E-state index in [0.29, 0.717) is 12.1 Å². The highest BCUT2D eigenvalue weighted by molar-refractivity contribution is 5.81. The lowest BCUT2D eigenvalue weighted by Crippen LogP contribution is -2.56. The van der Waals surface area contributed by atoms with Crippen LogP contribution in [-0.2, 0) is 4.79 Å². The molecule has 3 heteroatoms. The van der Waals surface area contributed by atoms with E-state index < -0.39 is 0 Å². The van der Waals surface area contributed by atoms with Gasteiger partial charge in [0, 0.05) is 30.6 Å². The van der Waals surface area contributed by atoms with Crippen LogP contribution in [0.1, 0.15) is 73.1 Å². The van der Waals surface area contributed by atoms with Crippen molar-refractivity contribution in [2.24, 2.45) is 17.3 Å². The largest absolute Gasteiger partial charge is 0.352 e. The van der Waals surface area contributed by atoms with Crippen molar-refractivity contribution in [3.63, 3.8) is 0 Å². The van der Waals surface area contributed by atoms with Gasteiger partial charge in [0.25, 0.3) is 0 Å². The van der Waals surface area contributed by atoms with Gasteiger partial charge >= 0.3 is 0 Å². The fourth-order valence-corrected chi connectivity index (χ4v) is 3.92. The molecule has 3 unspecified atom stereocenters. The van der Waals surface area contributed by atoms with Crippen LogP contribution in [0.5, 0.6) is 0 Å². The zero-order chi connectivity index (χ0) is 16.3. The summed E-state index contributed by atoms with van der Waals surface area (Å²) in [4.78, 5) is 15.0. The SMILES string of the molecule is CCCC1CC(NC(=O)C(C)(C)C)CN(C(C)C2CCC2)C1. The first-order valence-electron chi connectivity index (χ1n) is 9.36. The maximum absolute atomic E-state index is 12.3. The lowest BCUT2D eigenvalue weighted by Gasteiger charge is -2.46. The fraction of sp³-hybridized carbons (Fsp3) is 0.947. The van der Waals surface area contributed by atoms with Crippen molar-refractivity contribution in [3.05, 3.63) is 0 Å². The van der Waals surface area contributed by atoms with Crippen LogP contribution in [0.25, 0.3) is 0 Å². The number of nitrogens with zero attached hydrogens (tertiary/aromatic N) is 1. The molecule has 0 radical (unpaired) electrons. The van der Waals surface area contributed by atoms with Crippen molar-refractivity contribution in [1.82, 2.24) is 10.2 Å². The van der Waals surface area contributed by atoms with Gasteiger partial charge in [-0.15, -0.1) is 0 Å². The van der Waals surface area contributed by atoms with Crippen molar-refractivity contribution in [1.29, 1.82) is 0 Å². The summed E-state index contributed by atoms with van der Waals surface area (Å²) in [6.07, 6.45) is 7.89. The summed E-state index contributed by atoms with van der Waals surface area (Å²) in [5.41, 5.74) is -0.290. The number of amides is 1. The maximum atomic E-state index is 12.3. The summed E-state index contributed by atoms with van der Waals surface area (Å²) in [6.45, 7) is 13.0. The van der Waals surface area contributed by atoms with Gasteiger partial charge in [-0.25, -0.2) is 0 Å². The number of piperidine rings is 1. The minimum Gasteiger partial charge on any atom is -0.352 e. The molecule has 2 rings (SSSR count). The van der Waals surface area contributed by atoms with Crippen LogP contribution in [-0.4, -0.2) is 36.0 Å². The molecule has 1 amide bonds. The molecule has 3 atom stereocenters. The second kappa shape index (κ2) is 7.33. The summed E-state index contributed by atoms with van der Waals surface area (Å²) >= 11 is 0. The molecule has 1 aliphatic heterocycles. The number of hydrogen-bond acceptors (Lipinski definition) is 2. The van der Waals surface area contributed by atoms with Gasteiger partial charge in [0.15, 0.2) is 0 Å². The zero-order valence-corrected chi connectivity index (χ0v) is 15.3. The van der Waals surface area contributed by atoms with Gasteiger partial charge in [-0.1, -0.05) is 40.5 Å². The Morgan fingerprint density at radius 3 is 2.45 bits per heavy atom. The van der Waals surface area contributed by atoms with Crippen LogP contribution in [0.2, 0.25) is 0 Å². The van der Waals surface area contributed by atoms with Gasteiger partial charge < -0.3 is 5.32 Å². The van der Waals surface area contributed by atoms with Crippen molar-refractivity contribution >= 4 is 5.91 Å². The minimum absolute atomic E-state index is 0.200. The van der Waals surface area contributed by atoms with Crippen molar-refractivity contribution in [3.8, 4) is 0 Å². The monoisotopic (exact) mass is 308 g/mol. The number of nitrogens with one attached hydrogen (secondary N) is 1. The highest BCUT2D eigenvalue weighted by Crippen LogP contribution is 2.34. The molecular weight excluding hydrogens is 272 g/mol. The molecule has 1 saturated carbocycles. The average Bonchev–Trinajstić information content (AvgIpc) is 2.35. The molecular formula is C19H36N2O. The molecule has 2 fully saturated rings. The van der Waals surface area contributed by atoms with E-state index >= 15 is 0 Å². The Bertz CT molecular complexity index is 370. The van der Waals surface area contributed by atoms with Gasteiger partial charge in [-0.3, -0.25) is 9.69 Å². The number of carbonyl (C=O) groups excluding carboxylic acids is 1. The minimum atomic E-state index is -0.290. The van der Waals surface area contributed by atoms with E-state index in [0.717, 1.165) is 24.8 Å². The topological polar surface area (TPSA) is 32.3 Å². The number of hydrogen-bond donors (Lipinski definition) is 1. The molecule has 1 heterocycles. The van der Waals surface area contributed by atoms with Gasteiger partial charge in [-0.05, 0) is 44.4 Å². The maximum Gasteiger partial charge on any atom is 0.225 e. The molecule has 1 aliphatic carbocycles. The van der Waals surface area contributed by atoms with Crippen LogP contribution in [0.15, 0.2) is 0 Å². The summed E-state index contributed by atoms with van der Waals surface area (Å²) < 4.78 is 0. The predicted molar refractivity (Wildman–Crippen MR) is 92.8 cm³/mol. The molecule has 1 saturated heterocycles. The molecule has 2 aliphatic rings. The van der Waals surface area contributed by atoms with Crippen molar-refractivity contribution < 1.29 is 4.79 Å². The zero-order valence-electron chi connectivity index (χ0n) is 15.3. The second-order valence-corrected chi connectivity index (χ2v) is 8.70. The van der Waals surface area contributed by atoms with Gasteiger partial charge in [-0.2, -0.15) is 0 Å². The van der Waals surface area contributed by atoms with Crippen LogP contribution < -0.4 is 5.32 Å². The summed E-state index contributed by atoms with van der Waals surface area (Å²) in [5.74, 6) is 1.83. The third-order valence-electron chi connectivity index (χ3n) is 5.69. The molecule has 0 spiro atoms. The normalized spacial score (nSPS) is 29.0. The molecule has 0 bridgehead atoms. The molecule has 128 valence electrons. The summed E-state index contributed by atoms with van der Waals surface area (Å²) in [7, 11) is 0. The van der Waals surface area contributed by atoms with E-state index in [1.807, 2.05) is 20.8 Å². The third-order valence-corrected chi connectivity index (χ3v) is 5.69. The first kappa shape index (κ1) is 17.8. The first-order chi connectivity index (χ1) is 10.3. The average molecular weight is 309 g/mol. The Labute approximate surface area is 137 Å². The van der Waals surface area contributed by atoms with E-state index in [2.05, 4.69) is 24.1 Å². The molecule has 0 aromatic heterocycles. The predicted octanol–water partition coefficient (Wildman–Crippen LogP) is 3.83. The Balaban J connectivity index is 1.98. The fourth-order valence-electron chi connectivity index (χ4n) is 3.92. The summed E-state index contributed by atoms with van der Waals surface area (Å²) in [6, 6.07) is 1.02. The Morgan fingerprint density at radius 1 is 1.27 bits per heavy atom. The van der Waals surface area contributed by atoms with Crippen LogP contribution in [0.3, 0.4) is 0 Å². The second-order valence-electron chi connectivity index (χ2n) is 8.70. The van der Waals surface area contributed by atoms with E-state index in [-0.39, 0.29) is 11.3 Å². The van der Waals surface area contributed by atoms with Gasteiger partial charge in [0.1, 0.15) is 0 Å². The van der Waals surface area contributed by atoms with Crippen molar-refractivity contribution in [2.75, 3.05) is 13.1 Å². The highest BCUT2D eigenvalue weighted by Gasteiger charge is 2.35. The summed E-state index contributed by atoms with van der Waals surface area (Å²) in [5, 5.41) is 3.33. The van der Waals surface area contributed by atoms with Crippen LogP contribution in [0.4, 0.5) is 0 Å². The third kappa shape index (κ3) is 4.47. The lowest BCUT2D eigenvalue weighted by atomic mass is 9.78. The molecule has 1 N–H and O–H groups in total. The molecule has 3 nitrogen and oxygen atoms in total. The van der Waals surface area contributed by atoms with Gasteiger partial charge in [0.05, 0.1) is 0 Å². The highest BCUT2D eigenvalue weighted by atomic mass is 16.2. The Kier molecular flexibility index (Phi) is 5.93. The molecule has 22 heavy (non-hydrogen) atoms. The standard InChI is InChI=1S/C19H36N2O/c1-6-8-15-11-17(20-18(22)19(3,4)5)13-21(12-15)14(2)16-9-7-10-16/h14-17H,6-13H2,1-5H3,(H,20,22). The molecule has 0 aromatic rings. The van der Waals surface area contributed by atoms with Crippen LogP contribution >= 0.6 is 0 Å². The number of likely N-dealkylation sites (tertiary alicyclic amines) is 1. The Hall–Kier alpha value is -0.570. The lowest BCUT2D eigenvalue weighted by molar-refractivity contribution is -0.130. The van der Waals surface area contributed by atoms with E-state index in [1.165, 1.54) is 38.6 Å².